The highest BCUT2D eigenvalue weighted by atomic mass is 127. The van der Waals surface area contributed by atoms with Crippen LogP contribution in [0.25, 0.3) is 11.6 Å². The van der Waals surface area contributed by atoms with Gasteiger partial charge in [-0.25, -0.2) is 0 Å². The molecule has 3 heterocycles. The number of hydrogen-bond donors (Lipinski definition) is 1. The van der Waals surface area contributed by atoms with Crippen molar-refractivity contribution in [3.8, 4) is 11.6 Å². The van der Waals surface area contributed by atoms with Crippen molar-refractivity contribution >= 4 is 35.9 Å². The molecule has 1 aliphatic heterocycles. The Kier molecular flexibility index (Phi) is 9.29. The summed E-state index contributed by atoms with van der Waals surface area (Å²) in [5.41, 5.74) is 0.662. The predicted molar refractivity (Wildman–Crippen MR) is 119 cm³/mol. The van der Waals surface area contributed by atoms with Crippen LogP contribution in [0.1, 0.15) is 25.6 Å². The highest BCUT2D eigenvalue weighted by Crippen LogP contribution is 2.19. The highest BCUT2D eigenvalue weighted by Gasteiger charge is 2.27. The van der Waals surface area contributed by atoms with E-state index < -0.39 is 0 Å². The molecular weight excluding hydrogens is 487 g/mol. The minimum Gasteiger partial charge on any atom is -0.466 e. The van der Waals surface area contributed by atoms with Crippen LogP contribution in [0.4, 0.5) is 0 Å². The molecule has 1 aliphatic rings. The molecule has 1 saturated heterocycles. The maximum Gasteiger partial charge on any atom is 0.309 e. The van der Waals surface area contributed by atoms with Gasteiger partial charge < -0.3 is 19.5 Å². The minimum absolute atomic E-state index is 0. The lowest BCUT2D eigenvalue weighted by atomic mass is 9.97. The zero-order chi connectivity index (χ0) is 19.8. The van der Waals surface area contributed by atoms with Crippen molar-refractivity contribution in [2.24, 2.45) is 10.9 Å². The highest BCUT2D eigenvalue weighted by molar-refractivity contribution is 14.0. The van der Waals surface area contributed by atoms with E-state index in [2.05, 4.69) is 30.3 Å². The fourth-order valence-corrected chi connectivity index (χ4v) is 3.15. The van der Waals surface area contributed by atoms with Crippen molar-refractivity contribution in [2.45, 2.75) is 26.2 Å². The quantitative estimate of drug-likeness (QED) is 0.271. The molecule has 0 aromatic carbocycles. The van der Waals surface area contributed by atoms with Crippen molar-refractivity contribution < 1.29 is 14.1 Å². The van der Waals surface area contributed by atoms with Crippen LogP contribution in [0.15, 0.2) is 33.9 Å². The molecule has 158 valence electrons. The van der Waals surface area contributed by atoms with Crippen LogP contribution in [0.5, 0.6) is 0 Å². The van der Waals surface area contributed by atoms with E-state index in [-0.39, 0.29) is 35.9 Å². The number of esters is 1. The second kappa shape index (κ2) is 11.7. The number of hydrogen-bond acceptors (Lipinski definition) is 7. The van der Waals surface area contributed by atoms with Gasteiger partial charge in [0.1, 0.15) is 5.69 Å². The van der Waals surface area contributed by atoms with Crippen molar-refractivity contribution in [3.63, 3.8) is 0 Å². The molecule has 0 radical (unpaired) electrons. The number of halogens is 1. The first-order chi connectivity index (χ1) is 13.7. The normalized spacial score (nSPS) is 15.0. The summed E-state index contributed by atoms with van der Waals surface area (Å²) in [7, 11) is 1.76. The molecule has 0 spiro atoms. The van der Waals surface area contributed by atoms with Crippen molar-refractivity contribution in [2.75, 3.05) is 33.3 Å². The summed E-state index contributed by atoms with van der Waals surface area (Å²) in [6, 6.07) is 5.55. The molecule has 29 heavy (non-hydrogen) atoms. The first kappa shape index (κ1) is 23.0. The summed E-state index contributed by atoms with van der Waals surface area (Å²) >= 11 is 0. The number of nitrogens with zero attached hydrogens (tertiary/aromatic N) is 5. The first-order valence-electron chi connectivity index (χ1n) is 9.57. The van der Waals surface area contributed by atoms with Crippen LogP contribution in [0, 0.1) is 5.92 Å². The summed E-state index contributed by atoms with van der Waals surface area (Å²) in [5, 5.41) is 7.33. The van der Waals surface area contributed by atoms with Gasteiger partial charge in [0.2, 0.25) is 0 Å². The zero-order valence-corrected chi connectivity index (χ0v) is 19.0. The van der Waals surface area contributed by atoms with Gasteiger partial charge in [-0.2, -0.15) is 4.98 Å². The van der Waals surface area contributed by atoms with Crippen LogP contribution < -0.4 is 5.32 Å². The van der Waals surface area contributed by atoms with Gasteiger partial charge in [0, 0.05) is 39.3 Å². The standard InChI is InChI=1S/C19H26N6O3.HI/c1-3-27-18(26)14-8-12-25(13-9-14)19(20-2)22-11-7-16-23-17(28-24-16)15-6-4-5-10-21-15;/h4-6,10,14H,3,7-9,11-13H2,1-2H3,(H,20,22);1H. The molecule has 1 N–H and O–H groups in total. The first-order valence-corrected chi connectivity index (χ1v) is 9.57. The van der Waals surface area contributed by atoms with E-state index in [0.717, 1.165) is 31.9 Å². The molecule has 3 rings (SSSR count). The Morgan fingerprint density at radius 2 is 2.17 bits per heavy atom. The van der Waals surface area contributed by atoms with E-state index in [4.69, 9.17) is 9.26 Å². The second-order valence-corrected chi connectivity index (χ2v) is 6.47. The maximum atomic E-state index is 11.9. The van der Waals surface area contributed by atoms with Crippen LogP contribution in [-0.4, -0.2) is 65.2 Å². The molecule has 9 nitrogen and oxygen atoms in total. The Hall–Kier alpha value is -2.24. The fourth-order valence-electron chi connectivity index (χ4n) is 3.15. The zero-order valence-electron chi connectivity index (χ0n) is 16.7. The summed E-state index contributed by atoms with van der Waals surface area (Å²) < 4.78 is 10.4. The molecule has 10 heteroatoms. The van der Waals surface area contributed by atoms with E-state index in [9.17, 15) is 4.79 Å². The van der Waals surface area contributed by atoms with Gasteiger partial charge in [-0.05, 0) is 31.9 Å². The lowest BCUT2D eigenvalue weighted by Gasteiger charge is -2.33. The lowest BCUT2D eigenvalue weighted by molar-refractivity contribution is -0.149. The van der Waals surface area contributed by atoms with Crippen LogP contribution in [0.2, 0.25) is 0 Å². The topological polar surface area (TPSA) is 106 Å². The third-order valence-corrected chi connectivity index (χ3v) is 4.61. The Labute approximate surface area is 187 Å². The summed E-state index contributed by atoms with van der Waals surface area (Å²) in [4.78, 5) is 26.9. The number of nitrogens with one attached hydrogen (secondary N) is 1. The van der Waals surface area contributed by atoms with Crippen LogP contribution >= 0.6 is 24.0 Å². The number of carbonyl (C=O) groups is 1. The number of ether oxygens (including phenoxy) is 1. The minimum atomic E-state index is -0.0917. The van der Waals surface area contributed by atoms with Crippen LogP contribution in [0.3, 0.4) is 0 Å². The van der Waals surface area contributed by atoms with Crippen molar-refractivity contribution in [1.29, 1.82) is 0 Å². The Morgan fingerprint density at radius 1 is 1.38 bits per heavy atom. The maximum absolute atomic E-state index is 11.9. The van der Waals surface area contributed by atoms with E-state index in [1.54, 1.807) is 13.2 Å². The molecule has 0 atom stereocenters. The molecule has 0 bridgehead atoms. The summed E-state index contributed by atoms with van der Waals surface area (Å²) in [6.45, 7) is 4.44. The number of guanidine groups is 1. The third-order valence-electron chi connectivity index (χ3n) is 4.61. The van der Waals surface area contributed by atoms with Gasteiger partial charge in [0.15, 0.2) is 11.8 Å². The van der Waals surface area contributed by atoms with E-state index in [0.29, 0.717) is 37.0 Å². The number of rotatable bonds is 6. The second-order valence-electron chi connectivity index (χ2n) is 6.47. The van der Waals surface area contributed by atoms with Gasteiger partial charge >= 0.3 is 5.97 Å². The SMILES string of the molecule is CCOC(=O)C1CCN(C(=NC)NCCc2noc(-c3ccccn3)n2)CC1.I. The fraction of sp³-hybridized carbons (Fsp3) is 0.526. The summed E-state index contributed by atoms with van der Waals surface area (Å²) in [6.07, 6.45) is 3.85. The molecule has 0 aliphatic carbocycles. The van der Waals surface area contributed by atoms with Gasteiger partial charge in [-0.1, -0.05) is 11.2 Å². The number of likely N-dealkylation sites (tertiary alicyclic amines) is 1. The van der Waals surface area contributed by atoms with Gasteiger partial charge in [-0.15, -0.1) is 24.0 Å². The van der Waals surface area contributed by atoms with Crippen molar-refractivity contribution in [1.82, 2.24) is 25.3 Å². The lowest BCUT2D eigenvalue weighted by Crippen LogP contribution is -2.47. The number of pyridine rings is 1. The molecule has 0 amide bonds. The molecule has 1 fully saturated rings. The number of carbonyl (C=O) groups excluding carboxylic acids is 1. The summed E-state index contributed by atoms with van der Waals surface area (Å²) in [5.74, 6) is 1.74. The van der Waals surface area contributed by atoms with E-state index >= 15 is 0 Å². The molecule has 2 aromatic heterocycles. The Morgan fingerprint density at radius 3 is 2.83 bits per heavy atom. The van der Waals surface area contributed by atoms with E-state index in [1.807, 2.05) is 25.1 Å². The smallest absolute Gasteiger partial charge is 0.309 e. The molecule has 2 aromatic rings. The predicted octanol–water partition coefficient (Wildman–Crippen LogP) is 2.14. The van der Waals surface area contributed by atoms with Gasteiger partial charge in [0.25, 0.3) is 5.89 Å². The molecular formula is C19H27IN6O3. The van der Waals surface area contributed by atoms with Crippen LogP contribution in [-0.2, 0) is 16.0 Å². The van der Waals surface area contributed by atoms with E-state index in [1.165, 1.54) is 0 Å². The number of piperidine rings is 1. The number of aromatic nitrogens is 3. The largest absolute Gasteiger partial charge is 0.466 e. The average Bonchev–Trinajstić information content (AvgIpc) is 3.21. The molecule has 0 unspecified atom stereocenters. The third kappa shape index (κ3) is 6.38. The molecule has 0 saturated carbocycles. The van der Waals surface area contributed by atoms with Gasteiger partial charge in [-0.3, -0.25) is 14.8 Å². The monoisotopic (exact) mass is 514 g/mol. The van der Waals surface area contributed by atoms with Crippen molar-refractivity contribution in [3.05, 3.63) is 30.2 Å². The number of aliphatic imine (C=N–C) groups is 1. The average molecular weight is 514 g/mol. The Bertz CT molecular complexity index is 790. The Balaban J connectivity index is 0.00000300. The van der Waals surface area contributed by atoms with Gasteiger partial charge in [0.05, 0.1) is 12.5 Å².